The molecular weight excluding hydrogens is 372 g/mol. The molecule has 28 heavy (non-hydrogen) atoms. The number of rotatable bonds is 6. The van der Waals surface area contributed by atoms with E-state index in [4.69, 9.17) is 0 Å². The summed E-state index contributed by atoms with van der Waals surface area (Å²) in [5.41, 5.74) is 1.38. The molecule has 2 amide bonds. The van der Waals surface area contributed by atoms with Gasteiger partial charge in [-0.05, 0) is 47.2 Å². The highest BCUT2D eigenvalue weighted by Gasteiger charge is 2.15. The van der Waals surface area contributed by atoms with Gasteiger partial charge in [0.05, 0.1) is 6.10 Å². The highest BCUT2D eigenvalue weighted by molar-refractivity contribution is 7.98. The number of thioether (sulfide) groups is 1. The first kappa shape index (κ1) is 19.9. The van der Waals surface area contributed by atoms with E-state index in [0.717, 1.165) is 21.2 Å². The maximum absolute atomic E-state index is 12.0. The molecule has 0 saturated heterocycles. The summed E-state index contributed by atoms with van der Waals surface area (Å²) in [6.07, 6.45) is 1.52. The van der Waals surface area contributed by atoms with Gasteiger partial charge in [-0.3, -0.25) is 9.59 Å². The van der Waals surface area contributed by atoms with E-state index < -0.39 is 17.9 Å². The second-order valence-corrected chi connectivity index (χ2v) is 7.19. The molecule has 0 aliphatic carbocycles. The largest absolute Gasteiger partial charge is 0.388 e. The van der Waals surface area contributed by atoms with E-state index in [2.05, 4.69) is 10.6 Å². The Bertz CT molecular complexity index is 985. The van der Waals surface area contributed by atoms with Crippen LogP contribution in [0.2, 0.25) is 0 Å². The molecule has 3 aromatic rings. The molecule has 0 radical (unpaired) electrons. The van der Waals surface area contributed by atoms with Crippen molar-refractivity contribution in [1.29, 1.82) is 0 Å². The van der Waals surface area contributed by atoms with Crippen molar-refractivity contribution in [3.05, 3.63) is 72.3 Å². The Morgan fingerprint density at radius 1 is 1.00 bits per heavy atom. The highest BCUT2D eigenvalue weighted by atomic mass is 32.2. The smallest absolute Gasteiger partial charge is 0.313 e. The zero-order valence-corrected chi connectivity index (χ0v) is 16.3. The van der Waals surface area contributed by atoms with Crippen LogP contribution in [0.15, 0.2) is 71.6 Å². The fourth-order valence-corrected chi connectivity index (χ4v) is 3.45. The van der Waals surface area contributed by atoms with Crippen LogP contribution in [0, 0.1) is 0 Å². The molecule has 5 nitrogen and oxygen atoms in total. The molecule has 0 aromatic heterocycles. The molecule has 0 saturated carbocycles. The average Bonchev–Trinajstić information content (AvgIpc) is 2.73. The van der Waals surface area contributed by atoms with Gasteiger partial charge >= 0.3 is 11.8 Å². The van der Waals surface area contributed by atoms with Crippen molar-refractivity contribution in [2.24, 2.45) is 0 Å². The number of carbonyl (C=O) groups is 2. The van der Waals surface area contributed by atoms with Crippen molar-refractivity contribution in [3.63, 3.8) is 0 Å². The van der Waals surface area contributed by atoms with Gasteiger partial charge in [-0.2, -0.15) is 0 Å². The van der Waals surface area contributed by atoms with E-state index in [1.807, 2.05) is 60.9 Å². The van der Waals surface area contributed by atoms with E-state index in [-0.39, 0.29) is 6.54 Å². The minimum absolute atomic E-state index is 0.196. The molecular formula is C22H22N2O3S. The van der Waals surface area contributed by atoms with E-state index in [1.165, 1.54) is 0 Å². The second kappa shape index (κ2) is 9.39. The molecule has 0 aliphatic heterocycles. The molecule has 1 atom stereocenters. The summed E-state index contributed by atoms with van der Waals surface area (Å²) in [5.74, 6) is -1.45. The Hall–Kier alpha value is -2.83. The molecule has 3 N–H and O–H groups in total. The molecule has 0 bridgehead atoms. The summed E-state index contributed by atoms with van der Waals surface area (Å²) in [4.78, 5) is 25.1. The summed E-state index contributed by atoms with van der Waals surface area (Å²) >= 11 is 1.55. The number of aliphatic hydroxyl groups is 1. The van der Waals surface area contributed by atoms with E-state index in [0.29, 0.717) is 12.1 Å². The van der Waals surface area contributed by atoms with Crippen LogP contribution in [-0.4, -0.2) is 29.7 Å². The molecule has 6 heteroatoms. The van der Waals surface area contributed by atoms with Gasteiger partial charge in [-0.15, -0.1) is 11.8 Å². The number of fused-ring (bicyclic) bond motifs is 1. The van der Waals surface area contributed by atoms with Gasteiger partial charge in [-0.1, -0.05) is 48.5 Å². The fourth-order valence-electron chi connectivity index (χ4n) is 2.99. The van der Waals surface area contributed by atoms with Crippen molar-refractivity contribution >= 4 is 40.0 Å². The topological polar surface area (TPSA) is 78.4 Å². The number of amides is 2. The highest BCUT2D eigenvalue weighted by Crippen LogP contribution is 2.25. The van der Waals surface area contributed by atoms with Crippen molar-refractivity contribution < 1.29 is 14.7 Å². The van der Waals surface area contributed by atoms with Gasteiger partial charge in [0.15, 0.2) is 0 Å². The lowest BCUT2D eigenvalue weighted by atomic mass is 9.99. The minimum atomic E-state index is -0.729. The minimum Gasteiger partial charge on any atom is -0.388 e. The standard InChI is InChI=1S/C22H22N2O3S/c1-28-17-9-5-8-16(14-17)24-22(27)21(26)23-13-12-20(25)19-11-4-7-15-6-2-3-10-18(15)19/h2-11,14,20,25H,12-13H2,1H3,(H,23,26)(H,24,27). The third-order valence-electron chi connectivity index (χ3n) is 4.42. The number of aliphatic hydroxyl groups excluding tert-OH is 1. The first-order valence-corrected chi connectivity index (χ1v) is 10.2. The Morgan fingerprint density at radius 3 is 2.57 bits per heavy atom. The van der Waals surface area contributed by atoms with Gasteiger partial charge in [0.25, 0.3) is 0 Å². The lowest BCUT2D eigenvalue weighted by Gasteiger charge is -2.14. The number of carbonyl (C=O) groups excluding carboxylic acids is 2. The Labute approximate surface area is 168 Å². The van der Waals surface area contributed by atoms with Gasteiger partial charge in [0.2, 0.25) is 0 Å². The molecule has 1 unspecified atom stereocenters. The maximum Gasteiger partial charge on any atom is 0.313 e. The zero-order chi connectivity index (χ0) is 19.9. The normalized spacial score (nSPS) is 11.8. The van der Waals surface area contributed by atoms with Crippen molar-refractivity contribution in [2.45, 2.75) is 17.4 Å². The van der Waals surface area contributed by atoms with E-state index >= 15 is 0 Å². The number of hydrogen-bond donors (Lipinski definition) is 3. The first-order valence-electron chi connectivity index (χ1n) is 8.97. The van der Waals surface area contributed by atoms with Crippen molar-refractivity contribution in [1.82, 2.24) is 5.32 Å². The first-order chi connectivity index (χ1) is 13.6. The number of benzene rings is 3. The molecule has 144 valence electrons. The SMILES string of the molecule is CSc1cccc(NC(=O)C(=O)NCCC(O)c2cccc3ccccc23)c1. The molecule has 3 aromatic carbocycles. The van der Waals surface area contributed by atoms with E-state index in [9.17, 15) is 14.7 Å². The predicted molar refractivity (Wildman–Crippen MR) is 113 cm³/mol. The van der Waals surface area contributed by atoms with Gasteiger partial charge < -0.3 is 15.7 Å². The summed E-state index contributed by atoms with van der Waals surface area (Å²) in [7, 11) is 0. The molecule has 3 rings (SSSR count). The molecule has 0 fully saturated rings. The molecule has 0 aliphatic rings. The van der Waals surface area contributed by atoms with Crippen LogP contribution in [0.1, 0.15) is 18.1 Å². The van der Waals surface area contributed by atoms with Crippen LogP contribution >= 0.6 is 11.8 Å². The quantitative estimate of drug-likeness (QED) is 0.440. The number of nitrogens with one attached hydrogen (secondary N) is 2. The predicted octanol–water partition coefficient (Wildman–Crippen LogP) is 3.74. The summed E-state index contributed by atoms with van der Waals surface area (Å²) in [5, 5.41) is 17.7. The number of hydrogen-bond acceptors (Lipinski definition) is 4. The third kappa shape index (κ3) is 4.91. The van der Waals surface area contributed by atoms with Crippen LogP contribution in [0.5, 0.6) is 0 Å². The summed E-state index contributed by atoms with van der Waals surface area (Å²) in [6, 6.07) is 20.9. The van der Waals surface area contributed by atoms with Crippen molar-refractivity contribution in [3.8, 4) is 0 Å². The Morgan fingerprint density at radius 2 is 1.75 bits per heavy atom. The average molecular weight is 394 g/mol. The van der Waals surface area contributed by atoms with Crippen molar-refractivity contribution in [2.75, 3.05) is 18.1 Å². The third-order valence-corrected chi connectivity index (χ3v) is 5.14. The van der Waals surface area contributed by atoms with Gasteiger partial charge in [0.1, 0.15) is 0 Å². The van der Waals surface area contributed by atoms with E-state index in [1.54, 1.807) is 23.9 Å². The van der Waals surface area contributed by atoms with Crippen LogP contribution < -0.4 is 10.6 Å². The fraction of sp³-hybridized carbons (Fsp3) is 0.182. The van der Waals surface area contributed by atoms with Crippen LogP contribution in [0.25, 0.3) is 10.8 Å². The maximum atomic E-state index is 12.0. The summed E-state index contributed by atoms with van der Waals surface area (Å²) < 4.78 is 0. The second-order valence-electron chi connectivity index (χ2n) is 6.31. The van der Waals surface area contributed by atoms with Crippen LogP contribution in [0.3, 0.4) is 0 Å². The van der Waals surface area contributed by atoms with Crippen LogP contribution in [0.4, 0.5) is 5.69 Å². The van der Waals surface area contributed by atoms with Gasteiger partial charge in [-0.25, -0.2) is 0 Å². The number of anilines is 1. The lowest BCUT2D eigenvalue weighted by molar-refractivity contribution is -0.136. The zero-order valence-electron chi connectivity index (χ0n) is 15.5. The Kier molecular flexibility index (Phi) is 6.68. The molecule has 0 heterocycles. The molecule has 0 spiro atoms. The monoisotopic (exact) mass is 394 g/mol. The Balaban J connectivity index is 1.53. The lowest BCUT2D eigenvalue weighted by Crippen LogP contribution is -2.36. The summed E-state index contributed by atoms with van der Waals surface area (Å²) in [6.45, 7) is 0.196. The van der Waals surface area contributed by atoms with Crippen LogP contribution in [-0.2, 0) is 9.59 Å². The van der Waals surface area contributed by atoms with Gasteiger partial charge in [0, 0.05) is 17.1 Å².